The highest BCUT2D eigenvalue weighted by molar-refractivity contribution is 7.90. The largest absolute Gasteiger partial charge is 0.350 e. The van der Waals surface area contributed by atoms with E-state index in [1.807, 2.05) is 36.4 Å². The summed E-state index contributed by atoms with van der Waals surface area (Å²) in [5.41, 5.74) is 1.75. The third-order valence-corrected chi connectivity index (χ3v) is 7.58. The lowest BCUT2D eigenvalue weighted by molar-refractivity contribution is -0.126. The van der Waals surface area contributed by atoms with Crippen LogP contribution in [0.2, 0.25) is 0 Å². The predicted molar refractivity (Wildman–Crippen MR) is 111 cm³/mol. The number of hydrogen-bond acceptors (Lipinski definition) is 4. The highest BCUT2D eigenvalue weighted by Gasteiger charge is 2.34. The van der Waals surface area contributed by atoms with Crippen LogP contribution in [0.1, 0.15) is 52.1 Å². The number of benzene rings is 1. The minimum absolute atomic E-state index is 0.0205. The average Bonchev–Trinajstić information content (AvgIpc) is 2.65. The van der Waals surface area contributed by atoms with Crippen LogP contribution in [0.25, 0.3) is 10.9 Å². The number of amides is 1. The van der Waals surface area contributed by atoms with Gasteiger partial charge in [-0.05, 0) is 58.6 Å². The molecule has 1 fully saturated rings. The van der Waals surface area contributed by atoms with Gasteiger partial charge in [-0.25, -0.2) is 13.1 Å². The summed E-state index contributed by atoms with van der Waals surface area (Å²) in [5, 5.41) is 4.06. The van der Waals surface area contributed by atoms with Gasteiger partial charge in [0, 0.05) is 17.3 Å². The normalized spacial score (nSPS) is 20.8. The van der Waals surface area contributed by atoms with Crippen LogP contribution in [0.3, 0.4) is 0 Å². The first-order chi connectivity index (χ1) is 13.2. The molecule has 28 heavy (non-hydrogen) atoms. The van der Waals surface area contributed by atoms with Crippen molar-refractivity contribution in [2.24, 2.45) is 5.92 Å². The number of nitrogens with zero attached hydrogens (tertiary/aromatic N) is 1. The molecular formula is C21H29N3O3S. The third-order valence-electron chi connectivity index (χ3n) is 5.33. The maximum atomic E-state index is 12.5. The maximum absolute atomic E-state index is 12.5. The van der Waals surface area contributed by atoms with Gasteiger partial charge in [-0.3, -0.25) is 9.78 Å². The molecule has 1 aliphatic rings. The van der Waals surface area contributed by atoms with Crippen molar-refractivity contribution >= 4 is 26.8 Å². The van der Waals surface area contributed by atoms with Gasteiger partial charge in [0.15, 0.2) is 0 Å². The van der Waals surface area contributed by atoms with Crippen molar-refractivity contribution in [2.75, 3.05) is 0 Å². The van der Waals surface area contributed by atoms with Gasteiger partial charge in [-0.1, -0.05) is 24.3 Å². The maximum Gasteiger partial charge on any atom is 0.223 e. The van der Waals surface area contributed by atoms with E-state index in [0.717, 1.165) is 16.6 Å². The van der Waals surface area contributed by atoms with Crippen molar-refractivity contribution in [3.63, 3.8) is 0 Å². The highest BCUT2D eigenvalue weighted by atomic mass is 32.2. The van der Waals surface area contributed by atoms with Gasteiger partial charge in [0.2, 0.25) is 15.9 Å². The Hall–Kier alpha value is -1.99. The van der Waals surface area contributed by atoms with E-state index in [1.165, 1.54) is 0 Å². The molecule has 0 unspecified atom stereocenters. The minimum atomic E-state index is -3.36. The second-order valence-electron chi connectivity index (χ2n) is 8.50. The Bertz CT molecular complexity index is 943. The number of aromatic nitrogens is 1. The van der Waals surface area contributed by atoms with E-state index >= 15 is 0 Å². The van der Waals surface area contributed by atoms with Gasteiger partial charge in [0.05, 0.1) is 22.5 Å². The van der Waals surface area contributed by atoms with Crippen molar-refractivity contribution < 1.29 is 13.2 Å². The van der Waals surface area contributed by atoms with Gasteiger partial charge in [0.1, 0.15) is 0 Å². The fraction of sp³-hybridized carbons (Fsp3) is 0.524. The predicted octanol–water partition coefficient (Wildman–Crippen LogP) is 3.13. The molecule has 1 aliphatic carbocycles. The van der Waals surface area contributed by atoms with Crippen LogP contribution in [-0.4, -0.2) is 30.1 Å². The molecule has 7 heteroatoms. The van der Waals surface area contributed by atoms with Crippen LogP contribution < -0.4 is 10.0 Å². The number of fused-ring (bicyclic) bond motifs is 1. The van der Waals surface area contributed by atoms with E-state index < -0.39 is 14.8 Å². The molecule has 0 spiro atoms. The molecule has 2 N–H and O–H groups in total. The fourth-order valence-electron chi connectivity index (χ4n) is 3.40. The van der Waals surface area contributed by atoms with Crippen LogP contribution in [0, 0.1) is 5.92 Å². The Labute approximate surface area is 167 Å². The Morgan fingerprint density at radius 2 is 1.75 bits per heavy atom. The van der Waals surface area contributed by atoms with E-state index in [-0.39, 0.29) is 17.9 Å². The molecule has 6 nitrogen and oxygen atoms in total. The van der Waals surface area contributed by atoms with Gasteiger partial charge >= 0.3 is 0 Å². The average molecular weight is 404 g/mol. The number of para-hydroxylation sites is 1. The zero-order chi connectivity index (χ0) is 20.4. The van der Waals surface area contributed by atoms with Crippen LogP contribution in [0.5, 0.6) is 0 Å². The summed E-state index contributed by atoms with van der Waals surface area (Å²) in [4.78, 5) is 17.1. The number of carbonyl (C=O) groups excluding carboxylic acids is 1. The Kier molecular flexibility index (Phi) is 6.05. The van der Waals surface area contributed by atoms with E-state index in [9.17, 15) is 13.2 Å². The number of pyridine rings is 1. The van der Waals surface area contributed by atoms with E-state index in [4.69, 9.17) is 0 Å². The summed E-state index contributed by atoms with van der Waals surface area (Å²) in [7, 11) is -3.36. The van der Waals surface area contributed by atoms with Crippen molar-refractivity contribution in [2.45, 2.75) is 63.8 Å². The third kappa shape index (κ3) is 4.89. The van der Waals surface area contributed by atoms with Crippen LogP contribution in [0.15, 0.2) is 36.4 Å². The molecule has 0 atom stereocenters. The highest BCUT2D eigenvalue weighted by Crippen LogP contribution is 2.26. The molecule has 1 aromatic heterocycles. The van der Waals surface area contributed by atoms with Gasteiger partial charge in [0.25, 0.3) is 0 Å². The molecule has 0 bridgehead atoms. The number of sulfonamides is 1. The van der Waals surface area contributed by atoms with Crippen molar-refractivity contribution in [3.05, 3.63) is 42.1 Å². The molecule has 1 saturated carbocycles. The zero-order valence-corrected chi connectivity index (χ0v) is 17.6. The first kappa shape index (κ1) is 20.7. The van der Waals surface area contributed by atoms with Crippen molar-refractivity contribution in [1.82, 2.24) is 15.0 Å². The molecule has 0 aliphatic heterocycles. The van der Waals surface area contributed by atoms with Crippen molar-refractivity contribution in [3.8, 4) is 0 Å². The Morgan fingerprint density at radius 1 is 1.07 bits per heavy atom. The first-order valence-corrected chi connectivity index (χ1v) is 11.3. The van der Waals surface area contributed by atoms with E-state index in [0.29, 0.717) is 32.2 Å². The van der Waals surface area contributed by atoms with Crippen LogP contribution in [-0.2, 0) is 21.4 Å². The molecule has 2 aromatic rings. The monoisotopic (exact) mass is 403 g/mol. The molecule has 1 heterocycles. The summed E-state index contributed by atoms with van der Waals surface area (Å²) < 4.78 is 26.6. The molecule has 3 rings (SSSR count). The summed E-state index contributed by atoms with van der Waals surface area (Å²) in [6.45, 7) is 5.47. The lowest BCUT2D eigenvalue weighted by Crippen LogP contribution is -2.46. The second kappa shape index (κ2) is 8.17. The molecule has 1 aromatic carbocycles. The summed E-state index contributed by atoms with van der Waals surface area (Å²) in [5.74, 6) is -0.0528. The molecule has 1 amide bonds. The number of nitrogens with one attached hydrogen (secondary N) is 2. The van der Waals surface area contributed by atoms with Crippen LogP contribution >= 0.6 is 0 Å². The second-order valence-corrected chi connectivity index (χ2v) is 11.0. The molecule has 152 valence electrons. The molecular weight excluding hydrogens is 374 g/mol. The standard InChI is InChI=1S/C21H29N3O3S/c1-21(2,3)28(26,27)24-17-11-9-16(10-12-17)20(25)22-14-18-13-8-15-6-4-5-7-19(15)23-18/h4-8,13,16-17,24H,9-12,14H2,1-3H3,(H,22,25). The van der Waals surface area contributed by atoms with Crippen molar-refractivity contribution in [1.29, 1.82) is 0 Å². The summed E-state index contributed by atoms with van der Waals surface area (Å²) >= 11 is 0. The van der Waals surface area contributed by atoms with Gasteiger partial charge < -0.3 is 5.32 Å². The SMILES string of the molecule is CC(C)(C)S(=O)(=O)NC1CCC(C(=O)NCc2ccc3ccccc3n2)CC1. The van der Waals surface area contributed by atoms with Crippen LogP contribution in [0.4, 0.5) is 0 Å². The fourth-order valence-corrected chi connectivity index (χ4v) is 4.43. The first-order valence-electron chi connectivity index (χ1n) is 9.80. The van der Waals surface area contributed by atoms with E-state index in [2.05, 4.69) is 15.0 Å². The Morgan fingerprint density at radius 3 is 2.43 bits per heavy atom. The quantitative estimate of drug-likeness (QED) is 0.803. The molecule has 0 saturated heterocycles. The minimum Gasteiger partial charge on any atom is -0.350 e. The lowest BCUT2D eigenvalue weighted by Gasteiger charge is -2.30. The van der Waals surface area contributed by atoms with E-state index in [1.54, 1.807) is 20.8 Å². The number of rotatable bonds is 5. The topological polar surface area (TPSA) is 88.2 Å². The molecule has 0 radical (unpaired) electrons. The number of carbonyl (C=O) groups is 1. The Balaban J connectivity index is 1.50. The smallest absolute Gasteiger partial charge is 0.223 e. The summed E-state index contributed by atoms with van der Waals surface area (Å²) in [6, 6.07) is 11.7. The number of hydrogen-bond donors (Lipinski definition) is 2. The summed E-state index contributed by atoms with van der Waals surface area (Å²) in [6.07, 6.45) is 2.74. The van der Waals surface area contributed by atoms with Gasteiger partial charge in [-0.15, -0.1) is 0 Å². The zero-order valence-electron chi connectivity index (χ0n) is 16.7. The van der Waals surface area contributed by atoms with Gasteiger partial charge in [-0.2, -0.15) is 0 Å². The lowest BCUT2D eigenvalue weighted by atomic mass is 9.86.